The van der Waals surface area contributed by atoms with Gasteiger partial charge in [0.15, 0.2) is 11.5 Å². The molecule has 0 spiro atoms. The fourth-order valence-corrected chi connectivity index (χ4v) is 2.73. The van der Waals surface area contributed by atoms with Crippen molar-refractivity contribution in [3.05, 3.63) is 22.2 Å². The second-order valence-electron chi connectivity index (χ2n) is 4.70. The molecule has 0 aromatic heterocycles. The predicted molar refractivity (Wildman–Crippen MR) is 87.2 cm³/mol. The van der Waals surface area contributed by atoms with Crippen LogP contribution in [0.2, 0.25) is 0 Å². The normalized spacial score (nSPS) is 14.0. The Morgan fingerprint density at radius 2 is 2.00 bits per heavy atom. The second-order valence-corrected chi connectivity index (χ2v) is 5.55. The third kappa shape index (κ3) is 4.76. The molecule has 1 atom stereocenters. The van der Waals surface area contributed by atoms with E-state index in [1.165, 1.54) is 0 Å². The first kappa shape index (κ1) is 18.1. The molecule has 1 unspecified atom stereocenters. The molecule has 1 amide bonds. The zero-order chi connectivity index (χ0) is 14.5. The van der Waals surface area contributed by atoms with Gasteiger partial charge in [-0.15, -0.1) is 12.4 Å². The summed E-state index contributed by atoms with van der Waals surface area (Å²) >= 11 is 3.51. The highest BCUT2D eigenvalue weighted by molar-refractivity contribution is 9.10. The van der Waals surface area contributed by atoms with Gasteiger partial charge in [-0.2, -0.15) is 0 Å². The molecule has 21 heavy (non-hydrogen) atoms. The molecule has 5 nitrogen and oxygen atoms in total. The number of carbonyl (C=O) groups excluding carboxylic acids is 1. The van der Waals surface area contributed by atoms with Gasteiger partial charge >= 0.3 is 0 Å². The molecule has 0 bridgehead atoms. The van der Waals surface area contributed by atoms with Crippen LogP contribution in [-0.4, -0.2) is 25.7 Å². The van der Waals surface area contributed by atoms with Crippen molar-refractivity contribution < 1.29 is 14.3 Å². The summed E-state index contributed by atoms with van der Waals surface area (Å²) in [6.07, 6.45) is 1.14. The fraction of sp³-hybridized carbons (Fsp3) is 0.500. The first-order chi connectivity index (χ1) is 9.61. The molecule has 0 saturated heterocycles. The van der Waals surface area contributed by atoms with Gasteiger partial charge in [-0.05, 0) is 37.6 Å². The number of fused-ring (bicyclic) bond motifs is 1. The maximum absolute atomic E-state index is 11.7. The van der Waals surface area contributed by atoms with E-state index < -0.39 is 0 Å². The maximum atomic E-state index is 11.7. The Bertz CT molecular complexity index is 499. The van der Waals surface area contributed by atoms with Crippen molar-refractivity contribution in [3.63, 3.8) is 0 Å². The Balaban J connectivity index is 0.00000220. The number of rotatable bonds is 5. The van der Waals surface area contributed by atoms with Gasteiger partial charge in [-0.25, -0.2) is 0 Å². The Morgan fingerprint density at radius 1 is 1.38 bits per heavy atom. The van der Waals surface area contributed by atoms with E-state index >= 15 is 0 Å². The standard InChI is InChI=1S/C14H19BrN2O3.ClH/c1-9(17-14(18)3-2-4-16)10-7-12-13(8-11(10)15)20-6-5-19-12;/h7-9H,2-6,16H2,1H3,(H,17,18);1H. The van der Waals surface area contributed by atoms with Gasteiger partial charge < -0.3 is 20.5 Å². The molecular weight excluding hydrogens is 360 g/mol. The number of halogens is 2. The van der Waals surface area contributed by atoms with Crippen molar-refractivity contribution in [1.29, 1.82) is 0 Å². The minimum atomic E-state index is -0.106. The highest BCUT2D eigenvalue weighted by atomic mass is 79.9. The maximum Gasteiger partial charge on any atom is 0.220 e. The van der Waals surface area contributed by atoms with Crippen LogP contribution >= 0.6 is 28.3 Å². The summed E-state index contributed by atoms with van der Waals surface area (Å²) in [4.78, 5) is 11.7. The quantitative estimate of drug-likeness (QED) is 0.824. The molecule has 1 aliphatic heterocycles. The Hall–Kier alpha value is -0.980. The van der Waals surface area contributed by atoms with Crippen LogP contribution in [0.1, 0.15) is 31.4 Å². The largest absolute Gasteiger partial charge is 0.486 e. The van der Waals surface area contributed by atoms with Crippen LogP contribution in [0.15, 0.2) is 16.6 Å². The fourth-order valence-electron chi connectivity index (χ4n) is 2.07. The molecule has 0 aliphatic carbocycles. The average Bonchev–Trinajstić information content (AvgIpc) is 2.44. The third-order valence-corrected chi connectivity index (χ3v) is 3.80. The van der Waals surface area contributed by atoms with Crippen LogP contribution in [0.25, 0.3) is 0 Å². The average molecular weight is 380 g/mol. The van der Waals surface area contributed by atoms with Gasteiger partial charge in [0.05, 0.1) is 6.04 Å². The number of benzene rings is 1. The van der Waals surface area contributed by atoms with Gasteiger partial charge in [0.2, 0.25) is 5.91 Å². The Kier molecular flexibility index (Phi) is 7.28. The molecule has 1 aliphatic rings. The lowest BCUT2D eigenvalue weighted by atomic mass is 10.1. The van der Waals surface area contributed by atoms with Crippen LogP contribution in [0, 0.1) is 0 Å². The van der Waals surface area contributed by atoms with Gasteiger partial charge in [0, 0.05) is 10.9 Å². The molecule has 0 radical (unpaired) electrons. The van der Waals surface area contributed by atoms with Crippen molar-refractivity contribution in [2.45, 2.75) is 25.8 Å². The highest BCUT2D eigenvalue weighted by Crippen LogP contribution is 2.37. The summed E-state index contributed by atoms with van der Waals surface area (Å²) in [6, 6.07) is 3.68. The third-order valence-electron chi connectivity index (χ3n) is 3.11. The lowest BCUT2D eigenvalue weighted by Crippen LogP contribution is -2.27. The predicted octanol–water partition coefficient (Wildman–Crippen LogP) is 2.56. The van der Waals surface area contributed by atoms with Crippen molar-refractivity contribution in [1.82, 2.24) is 5.32 Å². The number of hydrogen-bond donors (Lipinski definition) is 2. The summed E-state index contributed by atoms with van der Waals surface area (Å²) in [5.74, 6) is 1.45. The van der Waals surface area contributed by atoms with E-state index in [0.717, 1.165) is 21.5 Å². The minimum absolute atomic E-state index is 0. The number of hydrogen-bond acceptors (Lipinski definition) is 4. The SMILES string of the molecule is CC(NC(=O)CCCN)c1cc2c(cc1Br)OCCO2.Cl. The molecule has 3 N–H and O–H groups in total. The smallest absolute Gasteiger partial charge is 0.220 e. The van der Waals surface area contributed by atoms with Crippen LogP contribution in [0.3, 0.4) is 0 Å². The molecule has 0 saturated carbocycles. The van der Waals surface area contributed by atoms with E-state index in [2.05, 4.69) is 21.2 Å². The topological polar surface area (TPSA) is 73.6 Å². The molecule has 0 fully saturated rings. The number of ether oxygens (including phenoxy) is 2. The van der Waals surface area contributed by atoms with Crippen LogP contribution in [0.4, 0.5) is 0 Å². The Labute approximate surface area is 139 Å². The molecule has 118 valence electrons. The van der Waals surface area contributed by atoms with Gasteiger partial charge in [-0.1, -0.05) is 15.9 Å². The summed E-state index contributed by atoms with van der Waals surface area (Å²) in [6.45, 7) is 3.57. The number of carbonyl (C=O) groups is 1. The van der Waals surface area contributed by atoms with Crippen LogP contribution in [-0.2, 0) is 4.79 Å². The van der Waals surface area contributed by atoms with E-state index in [0.29, 0.717) is 32.6 Å². The van der Waals surface area contributed by atoms with E-state index in [9.17, 15) is 4.79 Å². The number of nitrogens with two attached hydrogens (primary N) is 1. The van der Waals surface area contributed by atoms with Gasteiger partial charge in [0.1, 0.15) is 13.2 Å². The molecule has 1 aromatic carbocycles. The second kappa shape index (κ2) is 8.46. The van der Waals surface area contributed by atoms with Gasteiger partial charge in [0.25, 0.3) is 0 Å². The van der Waals surface area contributed by atoms with E-state index in [1.807, 2.05) is 19.1 Å². The number of nitrogens with one attached hydrogen (secondary N) is 1. The van der Waals surface area contributed by atoms with E-state index in [1.54, 1.807) is 0 Å². The molecule has 2 rings (SSSR count). The van der Waals surface area contributed by atoms with Crippen molar-refractivity contribution in [3.8, 4) is 11.5 Å². The lowest BCUT2D eigenvalue weighted by Gasteiger charge is -2.22. The summed E-state index contributed by atoms with van der Waals surface area (Å²) in [5.41, 5.74) is 6.37. The molecular formula is C14H20BrClN2O3. The Morgan fingerprint density at radius 3 is 2.62 bits per heavy atom. The first-order valence-corrected chi connectivity index (χ1v) is 7.49. The van der Waals surface area contributed by atoms with Crippen molar-refractivity contribution >= 4 is 34.2 Å². The van der Waals surface area contributed by atoms with Crippen LogP contribution in [0.5, 0.6) is 11.5 Å². The summed E-state index contributed by atoms with van der Waals surface area (Å²) in [7, 11) is 0. The first-order valence-electron chi connectivity index (χ1n) is 6.70. The minimum Gasteiger partial charge on any atom is -0.486 e. The van der Waals surface area contributed by atoms with Crippen molar-refractivity contribution in [2.24, 2.45) is 5.73 Å². The lowest BCUT2D eigenvalue weighted by molar-refractivity contribution is -0.121. The highest BCUT2D eigenvalue weighted by Gasteiger charge is 2.19. The number of amides is 1. The van der Waals surface area contributed by atoms with Gasteiger partial charge in [-0.3, -0.25) is 4.79 Å². The summed E-state index contributed by atoms with van der Waals surface area (Å²) < 4.78 is 12.0. The zero-order valence-electron chi connectivity index (χ0n) is 11.9. The van der Waals surface area contributed by atoms with E-state index in [-0.39, 0.29) is 24.4 Å². The van der Waals surface area contributed by atoms with Crippen LogP contribution < -0.4 is 20.5 Å². The van der Waals surface area contributed by atoms with E-state index in [4.69, 9.17) is 15.2 Å². The zero-order valence-corrected chi connectivity index (χ0v) is 14.3. The molecule has 7 heteroatoms. The molecule has 1 aromatic rings. The monoisotopic (exact) mass is 378 g/mol. The van der Waals surface area contributed by atoms with Crippen molar-refractivity contribution in [2.75, 3.05) is 19.8 Å². The summed E-state index contributed by atoms with van der Waals surface area (Å²) in [5, 5.41) is 2.96. The molecule has 1 heterocycles.